The molecule has 0 aliphatic heterocycles. The lowest BCUT2D eigenvalue weighted by Gasteiger charge is -2.10. The Morgan fingerprint density at radius 1 is 0.962 bits per heavy atom. The molecule has 2 N–H and O–H groups in total. The van der Waals surface area contributed by atoms with E-state index in [2.05, 4.69) is 20.6 Å². The third kappa shape index (κ3) is 5.26. The third-order valence-corrected chi connectivity index (χ3v) is 3.74. The molecule has 0 atom stereocenters. The van der Waals surface area contributed by atoms with Crippen LogP contribution in [0.5, 0.6) is 11.5 Å². The van der Waals surface area contributed by atoms with Crippen LogP contribution in [0, 0.1) is 0 Å². The van der Waals surface area contributed by atoms with Crippen molar-refractivity contribution in [1.82, 2.24) is 9.97 Å². The standard InChI is InChI=1S/C19H19ClN4O2/c1-25-16-6-8-17(9-7-16)26-13-12-21-18-10-11-22-19(24-18)23-15-4-2-14(20)3-5-15/h2-11H,12-13H2,1H3,(H2,21,22,23,24). The molecule has 0 unspecified atom stereocenters. The summed E-state index contributed by atoms with van der Waals surface area (Å²) in [5, 5.41) is 7.03. The summed E-state index contributed by atoms with van der Waals surface area (Å²) in [5.74, 6) is 2.82. The average molecular weight is 371 g/mol. The molecule has 0 amide bonds. The van der Waals surface area contributed by atoms with Crippen LogP contribution in [0.25, 0.3) is 0 Å². The highest BCUT2D eigenvalue weighted by Gasteiger charge is 2.01. The second-order valence-corrected chi connectivity index (χ2v) is 5.78. The third-order valence-electron chi connectivity index (χ3n) is 3.49. The van der Waals surface area contributed by atoms with Gasteiger partial charge in [0.1, 0.15) is 23.9 Å². The van der Waals surface area contributed by atoms with Crippen molar-refractivity contribution in [3.05, 3.63) is 65.8 Å². The van der Waals surface area contributed by atoms with E-state index in [1.807, 2.05) is 48.5 Å². The molecule has 26 heavy (non-hydrogen) atoms. The Labute approximate surface area is 157 Å². The summed E-state index contributed by atoms with van der Waals surface area (Å²) < 4.78 is 10.8. The van der Waals surface area contributed by atoms with Crippen molar-refractivity contribution < 1.29 is 9.47 Å². The van der Waals surface area contributed by atoms with Crippen molar-refractivity contribution in [2.75, 3.05) is 30.9 Å². The van der Waals surface area contributed by atoms with Crippen molar-refractivity contribution >= 4 is 29.1 Å². The van der Waals surface area contributed by atoms with Crippen molar-refractivity contribution in [3.63, 3.8) is 0 Å². The molecule has 0 fully saturated rings. The Kier molecular flexibility index (Phi) is 6.11. The minimum Gasteiger partial charge on any atom is -0.497 e. The van der Waals surface area contributed by atoms with Gasteiger partial charge in [0.25, 0.3) is 0 Å². The lowest BCUT2D eigenvalue weighted by Crippen LogP contribution is -2.12. The van der Waals surface area contributed by atoms with Crippen LogP contribution in [-0.4, -0.2) is 30.2 Å². The van der Waals surface area contributed by atoms with Crippen LogP contribution in [0.3, 0.4) is 0 Å². The Morgan fingerprint density at radius 3 is 2.42 bits per heavy atom. The monoisotopic (exact) mass is 370 g/mol. The van der Waals surface area contributed by atoms with Gasteiger partial charge in [0.05, 0.1) is 13.7 Å². The molecule has 0 aliphatic carbocycles. The molecule has 0 aliphatic rings. The number of benzene rings is 2. The maximum atomic E-state index is 5.88. The van der Waals surface area contributed by atoms with Gasteiger partial charge in [0.15, 0.2) is 0 Å². The van der Waals surface area contributed by atoms with Crippen LogP contribution in [-0.2, 0) is 0 Å². The predicted octanol–water partition coefficient (Wildman–Crippen LogP) is 4.37. The van der Waals surface area contributed by atoms with Gasteiger partial charge in [-0.05, 0) is 54.6 Å². The van der Waals surface area contributed by atoms with E-state index < -0.39 is 0 Å². The van der Waals surface area contributed by atoms with E-state index in [4.69, 9.17) is 21.1 Å². The van der Waals surface area contributed by atoms with Gasteiger partial charge >= 0.3 is 0 Å². The van der Waals surface area contributed by atoms with E-state index >= 15 is 0 Å². The zero-order valence-corrected chi connectivity index (χ0v) is 15.0. The largest absolute Gasteiger partial charge is 0.497 e. The Balaban J connectivity index is 1.48. The Bertz CT molecular complexity index is 826. The minimum absolute atomic E-state index is 0.508. The maximum absolute atomic E-state index is 5.88. The molecule has 134 valence electrons. The zero-order valence-electron chi connectivity index (χ0n) is 14.3. The van der Waals surface area contributed by atoms with Crippen LogP contribution in [0.15, 0.2) is 60.8 Å². The molecule has 0 radical (unpaired) electrons. The summed E-state index contributed by atoms with van der Waals surface area (Å²) in [6.45, 7) is 1.12. The van der Waals surface area contributed by atoms with Crippen LogP contribution >= 0.6 is 11.6 Å². The van der Waals surface area contributed by atoms with Crippen molar-refractivity contribution in [1.29, 1.82) is 0 Å². The number of halogens is 1. The lowest BCUT2D eigenvalue weighted by molar-refractivity contribution is 0.331. The first-order chi connectivity index (χ1) is 12.7. The SMILES string of the molecule is COc1ccc(OCCNc2ccnc(Nc3ccc(Cl)cc3)n2)cc1. The summed E-state index contributed by atoms with van der Waals surface area (Å²) >= 11 is 5.88. The number of hydrogen-bond donors (Lipinski definition) is 2. The van der Waals surface area contributed by atoms with Gasteiger partial charge < -0.3 is 20.1 Å². The number of aromatic nitrogens is 2. The lowest BCUT2D eigenvalue weighted by atomic mass is 10.3. The summed E-state index contributed by atoms with van der Waals surface area (Å²) in [5.41, 5.74) is 0.870. The molecule has 7 heteroatoms. The number of nitrogens with one attached hydrogen (secondary N) is 2. The van der Waals surface area contributed by atoms with Gasteiger partial charge in [-0.1, -0.05) is 11.6 Å². The van der Waals surface area contributed by atoms with E-state index in [1.165, 1.54) is 0 Å². The fraction of sp³-hybridized carbons (Fsp3) is 0.158. The molecular weight excluding hydrogens is 352 g/mol. The second-order valence-electron chi connectivity index (χ2n) is 5.35. The molecule has 6 nitrogen and oxygen atoms in total. The Hall–Kier alpha value is -2.99. The van der Waals surface area contributed by atoms with Gasteiger partial charge in [-0.15, -0.1) is 0 Å². The maximum Gasteiger partial charge on any atom is 0.229 e. The van der Waals surface area contributed by atoms with Crippen molar-refractivity contribution in [2.24, 2.45) is 0 Å². The Morgan fingerprint density at radius 2 is 1.69 bits per heavy atom. The van der Waals surface area contributed by atoms with E-state index in [0.717, 1.165) is 23.0 Å². The number of methoxy groups -OCH3 is 1. The fourth-order valence-electron chi connectivity index (χ4n) is 2.20. The van der Waals surface area contributed by atoms with Gasteiger partial charge in [-0.3, -0.25) is 0 Å². The summed E-state index contributed by atoms with van der Waals surface area (Å²) in [7, 11) is 1.64. The number of rotatable bonds is 8. The average Bonchev–Trinajstić information content (AvgIpc) is 2.68. The van der Waals surface area contributed by atoms with Crippen molar-refractivity contribution in [2.45, 2.75) is 0 Å². The molecule has 0 spiro atoms. The molecule has 1 heterocycles. The fourth-order valence-corrected chi connectivity index (χ4v) is 2.33. The first-order valence-electron chi connectivity index (χ1n) is 8.09. The number of nitrogens with zero attached hydrogens (tertiary/aromatic N) is 2. The molecule has 0 bridgehead atoms. The van der Waals surface area contributed by atoms with Crippen LogP contribution in [0.1, 0.15) is 0 Å². The first kappa shape index (κ1) is 17.8. The molecule has 3 aromatic rings. The van der Waals surface area contributed by atoms with Crippen LogP contribution in [0.4, 0.5) is 17.5 Å². The van der Waals surface area contributed by atoms with E-state index in [0.29, 0.717) is 24.1 Å². The highest BCUT2D eigenvalue weighted by Crippen LogP contribution is 2.18. The van der Waals surface area contributed by atoms with Gasteiger partial charge in [0.2, 0.25) is 5.95 Å². The molecule has 3 rings (SSSR count). The first-order valence-corrected chi connectivity index (χ1v) is 8.47. The summed E-state index contributed by atoms with van der Waals surface area (Å²) in [6.07, 6.45) is 1.69. The molecule has 2 aromatic carbocycles. The van der Waals surface area contributed by atoms with E-state index in [9.17, 15) is 0 Å². The van der Waals surface area contributed by atoms with Crippen LogP contribution in [0.2, 0.25) is 5.02 Å². The van der Waals surface area contributed by atoms with Gasteiger partial charge in [-0.2, -0.15) is 4.98 Å². The minimum atomic E-state index is 0.508. The number of ether oxygens (including phenoxy) is 2. The van der Waals surface area contributed by atoms with E-state index in [-0.39, 0.29) is 0 Å². The second kappa shape index (κ2) is 8.92. The van der Waals surface area contributed by atoms with Gasteiger partial charge in [0, 0.05) is 16.9 Å². The number of anilines is 3. The van der Waals surface area contributed by atoms with Crippen LogP contribution < -0.4 is 20.1 Å². The zero-order chi connectivity index (χ0) is 18.2. The highest BCUT2D eigenvalue weighted by molar-refractivity contribution is 6.30. The predicted molar refractivity (Wildman–Crippen MR) is 104 cm³/mol. The molecule has 0 saturated carbocycles. The van der Waals surface area contributed by atoms with Crippen molar-refractivity contribution in [3.8, 4) is 11.5 Å². The molecular formula is C19H19ClN4O2. The summed E-state index contributed by atoms with van der Waals surface area (Å²) in [4.78, 5) is 8.63. The van der Waals surface area contributed by atoms with Gasteiger partial charge in [-0.25, -0.2) is 4.98 Å². The number of hydrogen-bond acceptors (Lipinski definition) is 6. The topological polar surface area (TPSA) is 68.3 Å². The highest BCUT2D eigenvalue weighted by atomic mass is 35.5. The molecule has 1 aromatic heterocycles. The normalized spacial score (nSPS) is 10.2. The molecule has 0 saturated heterocycles. The summed E-state index contributed by atoms with van der Waals surface area (Å²) in [6, 6.07) is 16.6. The smallest absolute Gasteiger partial charge is 0.229 e. The quantitative estimate of drug-likeness (QED) is 0.574. The van der Waals surface area contributed by atoms with E-state index in [1.54, 1.807) is 19.4 Å².